The summed E-state index contributed by atoms with van der Waals surface area (Å²) in [6.07, 6.45) is 0. The van der Waals surface area contributed by atoms with E-state index in [-0.39, 0.29) is 34.2 Å². The number of amides is 2. The van der Waals surface area contributed by atoms with Gasteiger partial charge in [-0.3, -0.25) is 15.0 Å². The maximum atomic E-state index is 13.5. The number of ketones is 1. The molecule has 6 rings (SSSR count). The van der Waals surface area contributed by atoms with Crippen molar-refractivity contribution in [2.24, 2.45) is 0 Å². The molecule has 4 heterocycles. The highest BCUT2D eigenvalue weighted by atomic mass is 32.2. The number of aromatic amines is 1. The summed E-state index contributed by atoms with van der Waals surface area (Å²) in [5.41, 5.74) is 2.28. The molecular formula is C32H34N6O7S. The fraction of sp³-hybridized carbons (Fsp3) is 0.281. The van der Waals surface area contributed by atoms with Crippen molar-refractivity contribution in [2.75, 3.05) is 36.8 Å². The van der Waals surface area contributed by atoms with E-state index in [0.29, 0.717) is 71.6 Å². The number of anilines is 2. The Morgan fingerprint density at radius 2 is 1.83 bits per heavy atom. The number of carbonyl (C=O) groups excluding carboxylic acids is 2. The summed E-state index contributed by atoms with van der Waals surface area (Å²) >= 11 is 0. The van der Waals surface area contributed by atoms with Crippen molar-refractivity contribution >= 4 is 55.2 Å². The Balaban J connectivity index is 1.16. The molecule has 2 aromatic carbocycles. The smallest absolute Gasteiger partial charge is 0.324 e. The molecule has 240 valence electrons. The Labute approximate surface area is 264 Å². The van der Waals surface area contributed by atoms with E-state index < -0.39 is 16.1 Å². The van der Waals surface area contributed by atoms with Crippen molar-refractivity contribution in [1.29, 1.82) is 0 Å². The predicted molar refractivity (Wildman–Crippen MR) is 173 cm³/mol. The van der Waals surface area contributed by atoms with Gasteiger partial charge < -0.3 is 24.3 Å². The number of hydrogen-bond donors (Lipinski definition) is 4. The predicted octanol–water partition coefficient (Wildman–Crippen LogP) is 5.37. The van der Waals surface area contributed by atoms with Gasteiger partial charge in [0, 0.05) is 77.2 Å². The molecule has 2 amide bonds. The van der Waals surface area contributed by atoms with Crippen LogP contribution in [0.2, 0.25) is 0 Å². The molecule has 0 aliphatic carbocycles. The number of sulfonamides is 1. The SMILES string of the molecule is C=CS(=O)(=O)N1CCN(Cc2c(O)ccc3[nH]c(C(=O)c4cc5cc(NC(=O)Nc6cc(C(C)(C)C)on6)ccc5o4)cc23)CC1. The summed E-state index contributed by atoms with van der Waals surface area (Å²) < 4.78 is 36.8. The van der Waals surface area contributed by atoms with Crippen LogP contribution >= 0.6 is 0 Å². The van der Waals surface area contributed by atoms with Crippen LogP contribution in [-0.2, 0) is 22.0 Å². The van der Waals surface area contributed by atoms with Crippen molar-refractivity contribution in [2.45, 2.75) is 32.7 Å². The van der Waals surface area contributed by atoms with E-state index in [2.05, 4.69) is 32.3 Å². The third kappa shape index (κ3) is 6.27. The highest BCUT2D eigenvalue weighted by Gasteiger charge is 2.26. The van der Waals surface area contributed by atoms with E-state index in [1.165, 1.54) is 4.31 Å². The lowest BCUT2D eigenvalue weighted by Gasteiger charge is -2.33. The van der Waals surface area contributed by atoms with Crippen molar-refractivity contribution in [3.63, 3.8) is 0 Å². The van der Waals surface area contributed by atoms with Crippen LogP contribution in [0.1, 0.15) is 48.3 Å². The Kier molecular flexibility index (Phi) is 7.96. The van der Waals surface area contributed by atoms with Gasteiger partial charge in [0.25, 0.3) is 0 Å². The lowest BCUT2D eigenvalue weighted by Crippen LogP contribution is -2.47. The average Bonchev–Trinajstić information content (AvgIpc) is 3.77. The average molecular weight is 647 g/mol. The van der Waals surface area contributed by atoms with Gasteiger partial charge in [0.15, 0.2) is 11.6 Å². The number of rotatable bonds is 8. The molecule has 46 heavy (non-hydrogen) atoms. The number of fused-ring (bicyclic) bond motifs is 2. The van der Waals surface area contributed by atoms with E-state index in [4.69, 9.17) is 8.94 Å². The van der Waals surface area contributed by atoms with Gasteiger partial charge in [-0.25, -0.2) is 13.2 Å². The highest BCUT2D eigenvalue weighted by Crippen LogP contribution is 2.32. The molecule has 1 aliphatic rings. The van der Waals surface area contributed by atoms with E-state index in [1.54, 1.807) is 48.5 Å². The van der Waals surface area contributed by atoms with Crippen LogP contribution in [0.5, 0.6) is 5.75 Å². The summed E-state index contributed by atoms with van der Waals surface area (Å²) in [5, 5.41) is 22.2. The van der Waals surface area contributed by atoms with Crippen LogP contribution in [0.4, 0.5) is 16.3 Å². The third-order valence-corrected chi connectivity index (χ3v) is 9.41. The number of benzene rings is 2. The van der Waals surface area contributed by atoms with Gasteiger partial charge in [0.1, 0.15) is 17.1 Å². The molecule has 0 atom stereocenters. The molecule has 5 aromatic rings. The van der Waals surface area contributed by atoms with E-state index in [1.807, 2.05) is 20.8 Å². The lowest BCUT2D eigenvalue weighted by molar-refractivity contribution is 0.101. The normalized spacial score (nSPS) is 14.9. The van der Waals surface area contributed by atoms with Gasteiger partial charge in [0.2, 0.25) is 15.8 Å². The molecule has 1 saturated heterocycles. The fourth-order valence-corrected chi connectivity index (χ4v) is 6.23. The van der Waals surface area contributed by atoms with Crippen molar-refractivity contribution in [3.05, 3.63) is 83.3 Å². The third-order valence-electron chi connectivity index (χ3n) is 7.91. The summed E-state index contributed by atoms with van der Waals surface area (Å²) in [7, 11) is -3.48. The molecule has 3 aromatic heterocycles. The number of piperazine rings is 1. The fourth-order valence-electron chi connectivity index (χ4n) is 5.34. The van der Waals surface area contributed by atoms with Crippen LogP contribution in [0.3, 0.4) is 0 Å². The Hall–Kier alpha value is -4.92. The zero-order valence-corrected chi connectivity index (χ0v) is 26.4. The van der Waals surface area contributed by atoms with Crippen LogP contribution in [-0.4, -0.2) is 70.9 Å². The van der Waals surface area contributed by atoms with Crippen molar-refractivity contribution in [1.82, 2.24) is 19.3 Å². The number of phenolic OH excluding ortho intramolecular Hbond substituents is 1. The minimum absolute atomic E-state index is 0.0811. The molecule has 4 N–H and O–H groups in total. The van der Waals surface area contributed by atoms with Gasteiger partial charge in [-0.2, -0.15) is 4.31 Å². The number of nitrogens with one attached hydrogen (secondary N) is 3. The molecule has 0 saturated carbocycles. The summed E-state index contributed by atoms with van der Waals surface area (Å²) in [5.74, 6) is 0.730. The number of aromatic hydroxyl groups is 1. The second-order valence-corrected chi connectivity index (χ2v) is 14.1. The second-order valence-electron chi connectivity index (χ2n) is 12.2. The number of aromatic nitrogens is 2. The first-order valence-corrected chi connectivity index (χ1v) is 16.1. The van der Waals surface area contributed by atoms with E-state index in [9.17, 15) is 23.1 Å². The first-order valence-electron chi connectivity index (χ1n) is 14.6. The van der Waals surface area contributed by atoms with Crippen LogP contribution in [0.25, 0.3) is 21.9 Å². The van der Waals surface area contributed by atoms with Crippen molar-refractivity contribution in [3.8, 4) is 5.75 Å². The number of H-pyrrole nitrogens is 1. The monoisotopic (exact) mass is 646 g/mol. The molecule has 0 radical (unpaired) electrons. The topological polar surface area (TPSA) is 174 Å². The summed E-state index contributed by atoms with van der Waals surface area (Å²) in [6, 6.07) is 12.7. The van der Waals surface area contributed by atoms with Gasteiger partial charge in [-0.15, -0.1) is 0 Å². The lowest BCUT2D eigenvalue weighted by atomic mass is 9.93. The maximum absolute atomic E-state index is 13.5. The minimum Gasteiger partial charge on any atom is -0.508 e. The molecule has 1 fully saturated rings. The second kappa shape index (κ2) is 11.8. The quantitative estimate of drug-likeness (QED) is 0.162. The molecule has 1 aliphatic heterocycles. The van der Waals surface area contributed by atoms with Gasteiger partial charge in [-0.1, -0.05) is 32.5 Å². The molecule has 0 bridgehead atoms. The van der Waals surface area contributed by atoms with Gasteiger partial charge in [0.05, 0.1) is 5.69 Å². The largest absolute Gasteiger partial charge is 0.508 e. The van der Waals surface area contributed by atoms with Gasteiger partial charge in [-0.05, 0) is 42.5 Å². The molecular weight excluding hydrogens is 612 g/mol. The van der Waals surface area contributed by atoms with Crippen LogP contribution in [0.15, 0.2) is 69.5 Å². The summed E-state index contributed by atoms with van der Waals surface area (Å²) in [4.78, 5) is 31.3. The number of carbonyl (C=O) groups is 2. The van der Waals surface area contributed by atoms with Crippen LogP contribution < -0.4 is 10.6 Å². The zero-order chi connectivity index (χ0) is 32.8. The summed E-state index contributed by atoms with van der Waals surface area (Å²) in [6.45, 7) is 11.3. The Bertz CT molecular complexity index is 2080. The van der Waals surface area contributed by atoms with Crippen molar-refractivity contribution < 1.29 is 32.1 Å². The zero-order valence-electron chi connectivity index (χ0n) is 25.6. The van der Waals surface area contributed by atoms with E-state index >= 15 is 0 Å². The molecule has 14 heteroatoms. The van der Waals surface area contributed by atoms with Gasteiger partial charge >= 0.3 is 6.03 Å². The Morgan fingerprint density at radius 3 is 2.52 bits per heavy atom. The van der Waals surface area contributed by atoms with Crippen LogP contribution in [0, 0.1) is 0 Å². The highest BCUT2D eigenvalue weighted by molar-refractivity contribution is 7.92. The maximum Gasteiger partial charge on any atom is 0.324 e. The number of hydrogen-bond acceptors (Lipinski definition) is 9. The number of urea groups is 1. The number of phenols is 1. The number of nitrogens with zero attached hydrogens (tertiary/aromatic N) is 3. The molecule has 0 spiro atoms. The van der Waals surface area contributed by atoms with E-state index in [0.717, 1.165) is 5.41 Å². The Morgan fingerprint density at radius 1 is 1.07 bits per heavy atom. The minimum atomic E-state index is -3.48. The first kappa shape index (κ1) is 31.1. The number of furan rings is 1. The standard InChI is InChI=1S/C32H34N6O7S/c1-5-46(42,43)38-12-10-37(11-13-38)18-22-21-16-24(34-23(21)7-8-25(22)39)30(40)27-15-19-14-20(6-9-26(19)44-27)33-31(41)35-29-17-28(45-36-29)32(2,3)4/h5-9,14-17,34,39H,1,10-13,18H2,2-4H3,(H2,33,35,36,41). The first-order chi connectivity index (χ1) is 21.8. The molecule has 0 unspecified atom stereocenters. The molecule has 13 nitrogen and oxygen atoms in total.